The van der Waals surface area contributed by atoms with Gasteiger partial charge in [0.1, 0.15) is 0 Å². The highest BCUT2D eigenvalue weighted by Crippen LogP contribution is 2.24. The summed E-state index contributed by atoms with van der Waals surface area (Å²) < 4.78 is 0. The molecule has 0 aliphatic heterocycles. The SMILES string of the molecule is CCN(C)C(C)CCNC(=O)c1ccc(-c2ccccc2C(=O)NC)cc1. The van der Waals surface area contributed by atoms with Crippen molar-refractivity contribution in [2.24, 2.45) is 0 Å². The van der Waals surface area contributed by atoms with Crippen molar-refractivity contribution in [3.63, 3.8) is 0 Å². The lowest BCUT2D eigenvalue weighted by Gasteiger charge is -2.22. The molecule has 2 aromatic carbocycles. The topological polar surface area (TPSA) is 61.4 Å². The molecule has 0 saturated carbocycles. The first-order valence-electron chi connectivity index (χ1n) is 9.37. The van der Waals surface area contributed by atoms with Gasteiger partial charge < -0.3 is 15.5 Å². The Morgan fingerprint density at radius 3 is 2.33 bits per heavy atom. The largest absolute Gasteiger partial charge is 0.355 e. The molecule has 2 amide bonds. The predicted octanol–water partition coefficient (Wildman–Crippen LogP) is 3.17. The van der Waals surface area contributed by atoms with E-state index < -0.39 is 0 Å². The average molecular weight is 367 g/mol. The molecule has 0 spiro atoms. The molecular weight excluding hydrogens is 338 g/mol. The Balaban J connectivity index is 2.03. The van der Waals surface area contributed by atoms with Crippen molar-refractivity contribution >= 4 is 11.8 Å². The molecule has 0 bridgehead atoms. The number of carbonyl (C=O) groups excluding carboxylic acids is 2. The van der Waals surface area contributed by atoms with E-state index in [1.54, 1.807) is 25.2 Å². The number of amides is 2. The smallest absolute Gasteiger partial charge is 0.251 e. The van der Waals surface area contributed by atoms with E-state index in [2.05, 4.69) is 36.4 Å². The van der Waals surface area contributed by atoms with Crippen LogP contribution in [0.1, 0.15) is 41.0 Å². The molecule has 0 saturated heterocycles. The Kier molecular flexibility index (Phi) is 7.55. The van der Waals surface area contributed by atoms with Crippen LogP contribution in [0.25, 0.3) is 11.1 Å². The highest BCUT2D eigenvalue weighted by Gasteiger charge is 2.12. The van der Waals surface area contributed by atoms with Crippen LogP contribution in [0.2, 0.25) is 0 Å². The maximum atomic E-state index is 12.3. The first-order chi connectivity index (χ1) is 13.0. The molecule has 1 atom stereocenters. The zero-order chi connectivity index (χ0) is 19.8. The van der Waals surface area contributed by atoms with Gasteiger partial charge in [0.25, 0.3) is 11.8 Å². The van der Waals surface area contributed by atoms with Gasteiger partial charge in [-0.3, -0.25) is 9.59 Å². The van der Waals surface area contributed by atoms with Crippen LogP contribution in [-0.4, -0.2) is 49.9 Å². The molecule has 2 rings (SSSR count). The lowest BCUT2D eigenvalue weighted by molar-refractivity contribution is 0.0945. The molecule has 0 aromatic heterocycles. The van der Waals surface area contributed by atoms with Gasteiger partial charge in [0.2, 0.25) is 0 Å². The molecule has 1 unspecified atom stereocenters. The fourth-order valence-electron chi connectivity index (χ4n) is 2.90. The minimum atomic E-state index is -0.126. The summed E-state index contributed by atoms with van der Waals surface area (Å²) in [5.74, 6) is -0.203. The molecule has 0 heterocycles. The van der Waals surface area contributed by atoms with Gasteiger partial charge in [-0.25, -0.2) is 0 Å². The van der Waals surface area contributed by atoms with Crippen LogP contribution in [0.4, 0.5) is 0 Å². The summed E-state index contributed by atoms with van der Waals surface area (Å²) in [4.78, 5) is 26.6. The van der Waals surface area contributed by atoms with Crippen LogP contribution >= 0.6 is 0 Å². The third-order valence-electron chi connectivity index (χ3n) is 4.96. The number of hydrogen-bond acceptors (Lipinski definition) is 3. The van der Waals surface area contributed by atoms with Gasteiger partial charge >= 0.3 is 0 Å². The molecule has 2 aromatic rings. The van der Waals surface area contributed by atoms with Gasteiger partial charge in [-0.1, -0.05) is 37.3 Å². The highest BCUT2D eigenvalue weighted by molar-refractivity contribution is 6.01. The zero-order valence-corrected chi connectivity index (χ0v) is 16.6. The van der Waals surface area contributed by atoms with Gasteiger partial charge in [0, 0.05) is 30.8 Å². The first-order valence-corrected chi connectivity index (χ1v) is 9.37. The quantitative estimate of drug-likeness (QED) is 0.753. The fourth-order valence-corrected chi connectivity index (χ4v) is 2.90. The van der Waals surface area contributed by atoms with Crippen molar-refractivity contribution in [3.05, 3.63) is 59.7 Å². The van der Waals surface area contributed by atoms with E-state index in [0.29, 0.717) is 23.7 Å². The molecule has 0 fully saturated rings. The van der Waals surface area contributed by atoms with Crippen LogP contribution in [0, 0.1) is 0 Å². The Hall–Kier alpha value is -2.66. The number of nitrogens with zero attached hydrogens (tertiary/aromatic N) is 1. The second-order valence-corrected chi connectivity index (χ2v) is 6.67. The van der Waals surface area contributed by atoms with E-state index in [-0.39, 0.29) is 11.8 Å². The van der Waals surface area contributed by atoms with Gasteiger partial charge in [0.15, 0.2) is 0 Å². The summed E-state index contributed by atoms with van der Waals surface area (Å²) in [6.45, 7) is 5.92. The summed E-state index contributed by atoms with van der Waals surface area (Å²) in [5, 5.41) is 5.64. The predicted molar refractivity (Wildman–Crippen MR) is 110 cm³/mol. The Labute approximate surface area is 161 Å². The van der Waals surface area contributed by atoms with Crippen LogP contribution in [0.15, 0.2) is 48.5 Å². The van der Waals surface area contributed by atoms with Gasteiger partial charge in [0.05, 0.1) is 0 Å². The van der Waals surface area contributed by atoms with E-state index in [1.165, 1.54) is 0 Å². The third-order valence-corrected chi connectivity index (χ3v) is 4.96. The maximum Gasteiger partial charge on any atom is 0.251 e. The molecule has 0 aliphatic carbocycles. The second kappa shape index (κ2) is 9.88. The van der Waals surface area contributed by atoms with Crippen LogP contribution in [-0.2, 0) is 0 Å². The zero-order valence-electron chi connectivity index (χ0n) is 16.6. The number of carbonyl (C=O) groups is 2. The van der Waals surface area contributed by atoms with E-state index in [4.69, 9.17) is 0 Å². The van der Waals surface area contributed by atoms with Gasteiger partial charge in [-0.05, 0) is 56.3 Å². The van der Waals surface area contributed by atoms with Crippen molar-refractivity contribution in [2.45, 2.75) is 26.3 Å². The first kappa shape index (κ1) is 20.6. The fraction of sp³-hybridized carbons (Fsp3) is 0.364. The van der Waals surface area contributed by atoms with Crippen molar-refractivity contribution in [1.82, 2.24) is 15.5 Å². The van der Waals surface area contributed by atoms with Crippen LogP contribution in [0.5, 0.6) is 0 Å². The van der Waals surface area contributed by atoms with Crippen LogP contribution in [0.3, 0.4) is 0 Å². The Morgan fingerprint density at radius 1 is 1.04 bits per heavy atom. The lowest BCUT2D eigenvalue weighted by Crippen LogP contribution is -2.33. The van der Waals surface area contributed by atoms with E-state index >= 15 is 0 Å². The molecule has 144 valence electrons. The van der Waals surface area contributed by atoms with E-state index in [9.17, 15) is 9.59 Å². The molecule has 5 nitrogen and oxygen atoms in total. The highest BCUT2D eigenvalue weighted by atomic mass is 16.2. The van der Waals surface area contributed by atoms with Crippen molar-refractivity contribution in [2.75, 3.05) is 27.2 Å². The van der Waals surface area contributed by atoms with Gasteiger partial charge in [-0.15, -0.1) is 0 Å². The molecule has 0 aliphatic rings. The molecule has 0 radical (unpaired) electrons. The van der Waals surface area contributed by atoms with Gasteiger partial charge in [-0.2, -0.15) is 0 Å². The molecular formula is C22H29N3O2. The summed E-state index contributed by atoms with van der Waals surface area (Å²) >= 11 is 0. The lowest BCUT2D eigenvalue weighted by atomic mass is 9.98. The minimum Gasteiger partial charge on any atom is -0.355 e. The number of nitrogens with one attached hydrogen (secondary N) is 2. The summed E-state index contributed by atoms with van der Waals surface area (Å²) in [6.07, 6.45) is 0.910. The standard InChI is InChI=1S/C22H29N3O2/c1-5-25(4)16(2)14-15-24-21(26)18-12-10-17(11-13-18)19-8-6-7-9-20(19)22(27)23-3/h6-13,16H,5,14-15H2,1-4H3,(H,23,27)(H,24,26). The Morgan fingerprint density at radius 2 is 1.70 bits per heavy atom. The molecule has 27 heavy (non-hydrogen) atoms. The van der Waals surface area contributed by atoms with Crippen molar-refractivity contribution in [1.29, 1.82) is 0 Å². The molecule has 5 heteroatoms. The number of benzene rings is 2. The maximum absolute atomic E-state index is 12.3. The number of rotatable bonds is 8. The third kappa shape index (κ3) is 5.41. The minimum absolute atomic E-state index is 0.0764. The van der Waals surface area contributed by atoms with Crippen molar-refractivity contribution in [3.8, 4) is 11.1 Å². The second-order valence-electron chi connectivity index (χ2n) is 6.67. The number of hydrogen-bond donors (Lipinski definition) is 2. The summed E-state index contributed by atoms with van der Waals surface area (Å²) in [7, 11) is 3.70. The summed E-state index contributed by atoms with van der Waals surface area (Å²) in [6, 6.07) is 15.2. The van der Waals surface area contributed by atoms with E-state index in [0.717, 1.165) is 24.1 Å². The normalized spacial score (nSPS) is 11.9. The van der Waals surface area contributed by atoms with Crippen molar-refractivity contribution < 1.29 is 9.59 Å². The molecule has 2 N–H and O–H groups in total. The Bertz CT molecular complexity index is 771. The average Bonchev–Trinajstić information content (AvgIpc) is 2.72. The summed E-state index contributed by atoms with van der Waals surface area (Å²) in [5.41, 5.74) is 2.99. The monoisotopic (exact) mass is 367 g/mol. The van der Waals surface area contributed by atoms with E-state index in [1.807, 2.05) is 30.3 Å². The van der Waals surface area contributed by atoms with Crippen LogP contribution < -0.4 is 10.6 Å².